The molecule has 0 saturated heterocycles. The van der Waals surface area contributed by atoms with Crippen molar-refractivity contribution in [2.45, 2.75) is 19.4 Å². The fraction of sp³-hybridized carbons (Fsp3) is 0.276. The number of methoxy groups -OCH3 is 1. The molecule has 2 N–H and O–H groups in total. The number of aliphatic carboxylic acids is 2. The van der Waals surface area contributed by atoms with Crippen molar-refractivity contribution in [1.82, 2.24) is 4.90 Å². The van der Waals surface area contributed by atoms with Crippen molar-refractivity contribution in [3.63, 3.8) is 0 Å². The molecule has 0 heterocycles. The van der Waals surface area contributed by atoms with E-state index >= 15 is 0 Å². The second kappa shape index (κ2) is 11.6. The molecule has 0 radical (unpaired) electrons. The molecule has 1 amide bonds. The maximum absolute atomic E-state index is 13.6. The van der Waals surface area contributed by atoms with E-state index in [1.165, 1.54) is 0 Å². The van der Waals surface area contributed by atoms with E-state index in [4.69, 9.17) is 9.47 Å². The van der Waals surface area contributed by atoms with Gasteiger partial charge >= 0.3 is 11.9 Å². The summed E-state index contributed by atoms with van der Waals surface area (Å²) >= 11 is 0. The zero-order chi connectivity index (χ0) is 26.4. The molecule has 37 heavy (non-hydrogen) atoms. The van der Waals surface area contributed by atoms with Gasteiger partial charge in [0, 0.05) is 13.1 Å². The molecule has 0 bridgehead atoms. The van der Waals surface area contributed by atoms with Gasteiger partial charge in [-0.2, -0.15) is 0 Å². The number of amides is 1. The molecule has 0 spiro atoms. The third-order valence-electron chi connectivity index (χ3n) is 6.69. The number of ether oxygens (including phenoxy) is 2. The Kier molecular flexibility index (Phi) is 8.08. The summed E-state index contributed by atoms with van der Waals surface area (Å²) in [6.07, 6.45) is 0.455. The number of carbonyl (C=O) groups is 3. The Morgan fingerprint density at radius 3 is 2.05 bits per heavy atom. The third kappa shape index (κ3) is 6.27. The molecule has 3 aromatic carbocycles. The molecule has 1 saturated carbocycles. The van der Waals surface area contributed by atoms with Crippen molar-refractivity contribution in [3.05, 3.63) is 90.0 Å². The summed E-state index contributed by atoms with van der Waals surface area (Å²) in [5.41, 5.74) is 1.76. The molecule has 2 atom stereocenters. The van der Waals surface area contributed by atoms with Crippen LogP contribution < -0.4 is 9.47 Å². The van der Waals surface area contributed by atoms with Crippen LogP contribution in [0.5, 0.6) is 17.2 Å². The molecule has 0 aromatic heterocycles. The van der Waals surface area contributed by atoms with Crippen LogP contribution in [-0.2, 0) is 27.3 Å². The first-order chi connectivity index (χ1) is 17.9. The lowest BCUT2D eigenvalue weighted by Gasteiger charge is -2.41. The number of benzene rings is 3. The van der Waals surface area contributed by atoms with E-state index in [2.05, 4.69) is 0 Å². The van der Waals surface area contributed by atoms with Crippen molar-refractivity contribution in [2.75, 3.05) is 13.7 Å². The highest BCUT2D eigenvalue weighted by molar-refractivity contribution is 5.92. The normalized spacial score (nSPS) is 18.4. The van der Waals surface area contributed by atoms with E-state index in [1.54, 1.807) is 24.1 Å². The minimum absolute atomic E-state index is 0.0453. The average molecular weight is 504 g/mol. The Labute approximate surface area is 215 Å². The largest absolute Gasteiger partial charge is 0.497 e. The lowest BCUT2D eigenvalue weighted by Crippen LogP contribution is -2.54. The number of carboxylic acid groups (broad SMARTS) is 2. The molecule has 1 fully saturated rings. The molecular weight excluding hydrogens is 474 g/mol. The van der Waals surface area contributed by atoms with E-state index in [9.17, 15) is 24.6 Å². The Balaban J connectivity index is 1.53. The van der Waals surface area contributed by atoms with Gasteiger partial charge in [-0.3, -0.25) is 14.4 Å². The monoisotopic (exact) mass is 503 g/mol. The van der Waals surface area contributed by atoms with Gasteiger partial charge in [-0.25, -0.2) is 0 Å². The lowest BCUT2D eigenvalue weighted by atomic mass is 9.64. The highest BCUT2D eigenvalue weighted by atomic mass is 16.5. The van der Waals surface area contributed by atoms with Gasteiger partial charge in [0.1, 0.15) is 17.2 Å². The van der Waals surface area contributed by atoms with E-state index in [0.29, 0.717) is 30.2 Å². The van der Waals surface area contributed by atoms with Gasteiger partial charge in [-0.05, 0) is 60.4 Å². The minimum Gasteiger partial charge on any atom is -0.497 e. The first-order valence-electron chi connectivity index (χ1n) is 12.0. The van der Waals surface area contributed by atoms with Crippen molar-refractivity contribution < 1.29 is 34.1 Å². The van der Waals surface area contributed by atoms with E-state index in [0.717, 1.165) is 11.1 Å². The van der Waals surface area contributed by atoms with Gasteiger partial charge in [0.25, 0.3) is 0 Å². The van der Waals surface area contributed by atoms with E-state index in [-0.39, 0.29) is 13.0 Å². The van der Waals surface area contributed by atoms with Gasteiger partial charge in [0.2, 0.25) is 5.91 Å². The van der Waals surface area contributed by atoms with Crippen molar-refractivity contribution in [1.29, 1.82) is 0 Å². The maximum Gasteiger partial charge on any atom is 0.307 e. The molecule has 1 aliphatic carbocycles. The first kappa shape index (κ1) is 25.8. The van der Waals surface area contributed by atoms with Crippen molar-refractivity contribution in [3.8, 4) is 17.2 Å². The Hall–Kier alpha value is -4.33. The Morgan fingerprint density at radius 1 is 0.811 bits per heavy atom. The second-order valence-electron chi connectivity index (χ2n) is 9.07. The number of carbonyl (C=O) groups excluding carboxylic acids is 1. The molecule has 192 valence electrons. The van der Waals surface area contributed by atoms with Crippen molar-refractivity contribution in [2.24, 2.45) is 17.8 Å². The summed E-state index contributed by atoms with van der Waals surface area (Å²) in [7, 11) is 1.58. The fourth-order valence-corrected chi connectivity index (χ4v) is 4.58. The zero-order valence-electron chi connectivity index (χ0n) is 20.4. The standard InChI is InChI=1S/C29H29NO7/c1-36-23-9-5-6-19(16-23)14-15-30(27(31)26-24(28(32)33)17-25(26)29(34)35)18-20-10-12-22(13-11-20)37-21-7-3-2-4-8-21/h2-13,16,24-26H,14-15,17-18H2,1H3,(H,32,33)(H,34,35). The average Bonchev–Trinajstić information content (AvgIpc) is 2.87. The highest BCUT2D eigenvalue weighted by Gasteiger charge is 2.54. The van der Waals surface area contributed by atoms with Crippen LogP contribution in [-0.4, -0.2) is 46.6 Å². The Bertz CT molecular complexity index is 1220. The lowest BCUT2D eigenvalue weighted by molar-refractivity contribution is -0.171. The second-order valence-corrected chi connectivity index (χ2v) is 9.07. The van der Waals surface area contributed by atoms with E-state index in [1.807, 2.05) is 66.7 Å². The smallest absolute Gasteiger partial charge is 0.307 e. The molecule has 8 heteroatoms. The summed E-state index contributed by atoms with van der Waals surface area (Å²) in [6, 6.07) is 24.1. The van der Waals surface area contributed by atoms with Crippen LogP contribution in [0.1, 0.15) is 17.5 Å². The number of hydrogen-bond acceptors (Lipinski definition) is 5. The van der Waals surface area contributed by atoms with Crippen LogP contribution in [0.3, 0.4) is 0 Å². The molecule has 8 nitrogen and oxygen atoms in total. The third-order valence-corrected chi connectivity index (χ3v) is 6.69. The predicted octanol–water partition coefficient (Wildman–Crippen LogP) is 4.48. The maximum atomic E-state index is 13.6. The van der Waals surface area contributed by atoms with Gasteiger partial charge < -0.3 is 24.6 Å². The molecule has 1 aliphatic rings. The van der Waals surface area contributed by atoms with Crippen LogP contribution >= 0.6 is 0 Å². The molecule has 2 unspecified atom stereocenters. The minimum atomic E-state index is -1.15. The number of nitrogens with zero attached hydrogens (tertiary/aromatic N) is 1. The Morgan fingerprint density at radius 2 is 1.43 bits per heavy atom. The topological polar surface area (TPSA) is 113 Å². The molecular formula is C29H29NO7. The van der Waals surface area contributed by atoms with Gasteiger partial charge in [-0.15, -0.1) is 0 Å². The van der Waals surface area contributed by atoms with Gasteiger partial charge in [0.05, 0.1) is 24.9 Å². The summed E-state index contributed by atoms with van der Waals surface area (Å²) in [6.45, 7) is 0.507. The zero-order valence-corrected chi connectivity index (χ0v) is 20.4. The van der Waals surface area contributed by atoms with E-state index < -0.39 is 35.6 Å². The fourth-order valence-electron chi connectivity index (χ4n) is 4.58. The molecule has 4 rings (SSSR count). The first-order valence-corrected chi connectivity index (χ1v) is 12.0. The highest BCUT2D eigenvalue weighted by Crippen LogP contribution is 2.42. The van der Waals surface area contributed by atoms with Crippen LogP contribution in [0.15, 0.2) is 78.9 Å². The number of carboxylic acids is 2. The van der Waals surface area contributed by atoms with Gasteiger partial charge in [0.15, 0.2) is 0 Å². The van der Waals surface area contributed by atoms with Crippen molar-refractivity contribution >= 4 is 17.8 Å². The predicted molar refractivity (Wildman–Crippen MR) is 135 cm³/mol. The molecule has 3 aromatic rings. The number of para-hydroxylation sites is 1. The summed E-state index contributed by atoms with van der Waals surface area (Å²) in [4.78, 5) is 38.5. The summed E-state index contributed by atoms with van der Waals surface area (Å²) < 4.78 is 11.1. The van der Waals surface area contributed by atoms with Crippen LogP contribution in [0.2, 0.25) is 0 Å². The van der Waals surface area contributed by atoms with Crippen LogP contribution in [0.4, 0.5) is 0 Å². The van der Waals surface area contributed by atoms with Crippen LogP contribution in [0, 0.1) is 17.8 Å². The van der Waals surface area contributed by atoms with Gasteiger partial charge in [-0.1, -0.05) is 42.5 Å². The number of hydrogen-bond donors (Lipinski definition) is 2. The SMILES string of the molecule is COc1cccc(CCN(Cc2ccc(Oc3ccccc3)cc2)C(=O)C2C(C(=O)O)CC2C(=O)O)c1. The number of rotatable bonds is 11. The summed E-state index contributed by atoms with van der Waals surface area (Å²) in [5.74, 6) is -3.82. The summed E-state index contributed by atoms with van der Waals surface area (Å²) in [5, 5.41) is 19.1. The van der Waals surface area contributed by atoms with Crippen LogP contribution in [0.25, 0.3) is 0 Å². The quantitative estimate of drug-likeness (QED) is 0.397. The molecule has 0 aliphatic heterocycles.